The van der Waals surface area contributed by atoms with Gasteiger partial charge in [-0.25, -0.2) is 8.42 Å². The number of nitrogens with zero attached hydrogens (tertiary/aromatic N) is 1. The second-order valence-corrected chi connectivity index (χ2v) is 8.08. The minimum atomic E-state index is -3.05. The predicted octanol–water partition coefficient (Wildman–Crippen LogP) is 3.60. The van der Waals surface area contributed by atoms with Gasteiger partial charge in [-0.3, -0.25) is 0 Å². The molecule has 1 aliphatic heterocycles. The lowest BCUT2D eigenvalue weighted by Gasteiger charge is -2.14. The van der Waals surface area contributed by atoms with Gasteiger partial charge in [0, 0.05) is 29.4 Å². The van der Waals surface area contributed by atoms with Gasteiger partial charge < -0.3 is 0 Å². The van der Waals surface area contributed by atoms with E-state index in [-0.39, 0.29) is 5.75 Å². The van der Waals surface area contributed by atoms with Crippen LogP contribution >= 0.6 is 22.9 Å². The highest BCUT2D eigenvalue weighted by atomic mass is 35.5. The van der Waals surface area contributed by atoms with Gasteiger partial charge in [-0.1, -0.05) is 29.8 Å². The maximum absolute atomic E-state index is 11.8. The van der Waals surface area contributed by atoms with Gasteiger partial charge in [0.25, 0.3) is 0 Å². The van der Waals surface area contributed by atoms with Crippen molar-refractivity contribution in [2.75, 3.05) is 12.3 Å². The zero-order chi connectivity index (χ0) is 14.2. The molecule has 0 N–H and O–H groups in total. The van der Waals surface area contributed by atoms with E-state index in [0.29, 0.717) is 13.1 Å². The van der Waals surface area contributed by atoms with Gasteiger partial charge in [0.1, 0.15) is 0 Å². The number of thiophene rings is 1. The molecule has 0 radical (unpaired) electrons. The predicted molar refractivity (Wildman–Crippen MR) is 83.6 cm³/mol. The van der Waals surface area contributed by atoms with Crippen molar-refractivity contribution in [1.82, 2.24) is 4.31 Å². The molecule has 1 fully saturated rings. The number of sulfonamides is 1. The van der Waals surface area contributed by atoms with Crippen LogP contribution in [0.2, 0.25) is 5.02 Å². The van der Waals surface area contributed by atoms with E-state index in [4.69, 9.17) is 11.6 Å². The molecule has 0 bridgehead atoms. The van der Waals surface area contributed by atoms with Crippen molar-refractivity contribution < 1.29 is 8.42 Å². The number of hydrogen-bond donors (Lipinski definition) is 0. The van der Waals surface area contributed by atoms with E-state index in [1.807, 2.05) is 35.0 Å². The van der Waals surface area contributed by atoms with Crippen LogP contribution in [0.5, 0.6) is 0 Å². The van der Waals surface area contributed by atoms with Crippen LogP contribution in [0.4, 0.5) is 0 Å². The van der Waals surface area contributed by atoms with E-state index in [1.54, 1.807) is 15.6 Å². The lowest BCUT2D eigenvalue weighted by Crippen LogP contribution is -2.25. The summed E-state index contributed by atoms with van der Waals surface area (Å²) in [6, 6.07) is 7.91. The van der Waals surface area contributed by atoms with Gasteiger partial charge in [-0.15, -0.1) is 0 Å². The van der Waals surface area contributed by atoms with Gasteiger partial charge in [0.05, 0.1) is 10.8 Å². The SMILES string of the molecule is O=S1(=O)CCCN1Cc1cccc(-c2cscc2Cl)c1. The summed E-state index contributed by atoms with van der Waals surface area (Å²) < 4.78 is 25.2. The first-order valence-corrected chi connectivity index (χ1v) is 9.28. The quantitative estimate of drug-likeness (QED) is 0.863. The van der Waals surface area contributed by atoms with Gasteiger partial charge >= 0.3 is 0 Å². The summed E-state index contributed by atoms with van der Waals surface area (Å²) in [6.07, 6.45) is 0.721. The minimum Gasteiger partial charge on any atom is -0.212 e. The average Bonchev–Trinajstić information content (AvgIpc) is 2.97. The molecular formula is C14H14ClNO2S2. The highest BCUT2D eigenvalue weighted by Crippen LogP contribution is 2.32. The van der Waals surface area contributed by atoms with Crippen LogP contribution in [0, 0.1) is 0 Å². The van der Waals surface area contributed by atoms with Crippen LogP contribution in [0.1, 0.15) is 12.0 Å². The van der Waals surface area contributed by atoms with Gasteiger partial charge in [0.2, 0.25) is 10.0 Å². The van der Waals surface area contributed by atoms with Crippen molar-refractivity contribution >= 4 is 33.0 Å². The first-order chi connectivity index (χ1) is 9.56. The molecule has 2 aromatic rings. The summed E-state index contributed by atoms with van der Waals surface area (Å²) in [7, 11) is -3.05. The first-order valence-electron chi connectivity index (χ1n) is 6.35. The van der Waals surface area contributed by atoms with Crippen LogP contribution in [0.25, 0.3) is 11.1 Å². The maximum Gasteiger partial charge on any atom is 0.214 e. The zero-order valence-electron chi connectivity index (χ0n) is 10.8. The summed E-state index contributed by atoms with van der Waals surface area (Å²) >= 11 is 7.71. The van der Waals surface area contributed by atoms with Crippen LogP contribution in [-0.2, 0) is 16.6 Å². The molecule has 0 amide bonds. The standard InChI is InChI=1S/C14H14ClNO2S2/c15-14-10-19-9-13(14)12-4-1-3-11(7-12)8-16-5-2-6-20(16,17)18/h1,3-4,7,9-10H,2,5-6,8H2. The van der Waals surface area contributed by atoms with Crippen LogP contribution < -0.4 is 0 Å². The number of benzene rings is 1. The third-order valence-electron chi connectivity index (χ3n) is 3.41. The molecule has 6 heteroatoms. The van der Waals surface area contributed by atoms with Gasteiger partial charge in [0.15, 0.2) is 0 Å². The molecular weight excluding hydrogens is 314 g/mol. The van der Waals surface area contributed by atoms with Crippen molar-refractivity contribution in [2.24, 2.45) is 0 Å². The number of hydrogen-bond acceptors (Lipinski definition) is 3. The third-order valence-corrected chi connectivity index (χ3v) is 6.50. The monoisotopic (exact) mass is 327 g/mol. The van der Waals surface area contributed by atoms with Gasteiger partial charge in [-0.05, 0) is 23.6 Å². The Labute approximate surface area is 127 Å². The Morgan fingerprint density at radius 1 is 1.30 bits per heavy atom. The van der Waals surface area contributed by atoms with Crippen molar-refractivity contribution in [1.29, 1.82) is 0 Å². The third kappa shape index (κ3) is 2.76. The molecule has 3 nitrogen and oxygen atoms in total. The van der Waals surface area contributed by atoms with Crippen LogP contribution in [0.3, 0.4) is 0 Å². The Morgan fingerprint density at radius 2 is 2.15 bits per heavy atom. The summed E-state index contributed by atoms with van der Waals surface area (Å²) in [6.45, 7) is 1.06. The second-order valence-electron chi connectivity index (χ2n) is 4.84. The fourth-order valence-electron chi connectivity index (χ4n) is 2.40. The largest absolute Gasteiger partial charge is 0.214 e. The molecule has 1 aromatic carbocycles. The number of rotatable bonds is 3. The molecule has 0 spiro atoms. The van der Waals surface area contributed by atoms with Crippen molar-refractivity contribution in [3.05, 3.63) is 45.6 Å². The minimum absolute atomic E-state index is 0.267. The van der Waals surface area contributed by atoms with E-state index >= 15 is 0 Å². The molecule has 1 saturated heterocycles. The Kier molecular flexibility index (Phi) is 3.86. The van der Waals surface area contributed by atoms with Crippen LogP contribution in [0.15, 0.2) is 35.0 Å². The fraction of sp³-hybridized carbons (Fsp3) is 0.286. The summed E-state index contributed by atoms with van der Waals surface area (Å²) in [5.41, 5.74) is 3.03. The Morgan fingerprint density at radius 3 is 2.80 bits per heavy atom. The molecule has 1 aliphatic rings. The second kappa shape index (κ2) is 5.48. The molecule has 0 aliphatic carbocycles. The molecule has 20 heavy (non-hydrogen) atoms. The highest BCUT2D eigenvalue weighted by molar-refractivity contribution is 7.89. The smallest absolute Gasteiger partial charge is 0.212 e. The molecule has 106 valence electrons. The highest BCUT2D eigenvalue weighted by Gasteiger charge is 2.27. The topological polar surface area (TPSA) is 37.4 Å². The summed E-state index contributed by atoms with van der Waals surface area (Å²) in [5, 5.41) is 4.64. The van der Waals surface area contributed by atoms with Crippen LogP contribution in [-0.4, -0.2) is 25.0 Å². The lowest BCUT2D eigenvalue weighted by atomic mass is 10.1. The molecule has 0 saturated carbocycles. The Hall–Kier alpha value is -0.880. The molecule has 0 unspecified atom stereocenters. The van der Waals surface area contributed by atoms with E-state index in [9.17, 15) is 8.42 Å². The normalized spacial score (nSPS) is 18.4. The van der Waals surface area contributed by atoms with Crippen molar-refractivity contribution in [2.45, 2.75) is 13.0 Å². The summed E-state index contributed by atoms with van der Waals surface area (Å²) in [4.78, 5) is 0. The molecule has 3 rings (SSSR count). The Bertz CT molecular complexity index is 724. The molecule has 1 aromatic heterocycles. The zero-order valence-corrected chi connectivity index (χ0v) is 13.1. The van der Waals surface area contributed by atoms with E-state index in [2.05, 4.69) is 0 Å². The fourth-order valence-corrected chi connectivity index (χ4v) is 5.00. The average molecular weight is 328 g/mol. The Balaban J connectivity index is 1.87. The van der Waals surface area contributed by atoms with E-state index < -0.39 is 10.0 Å². The number of halogens is 1. The maximum atomic E-state index is 11.8. The molecule has 0 atom stereocenters. The summed E-state index contributed by atoms with van der Waals surface area (Å²) in [5.74, 6) is 0.267. The first kappa shape index (κ1) is 14.1. The lowest BCUT2D eigenvalue weighted by molar-refractivity contribution is 0.440. The van der Waals surface area contributed by atoms with Crippen molar-refractivity contribution in [3.63, 3.8) is 0 Å². The van der Waals surface area contributed by atoms with E-state index in [0.717, 1.165) is 28.1 Å². The molecule has 2 heterocycles. The van der Waals surface area contributed by atoms with Crippen molar-refractivity contribution in [3.8, 4) is 11.1 Å². The van der Waals surface area contributed by atoms with E-state index in [1.165, 1.54) is 0 Å². The van der Waals surface area contributed by atoms with Gasteiger partial charge in [-0.2, -0.15) is 15.6 Å².